The molecule has 0 aliphatic carbocycles. The molecule has 96 valence electrons. The lowest BCUT2D eigenvalue weighted by Crippen LogP contribution is -1.96. The van der Waals surface area contributed by atoms with Gasteiger partial charge < -0.3 is 10.4 Å². The van der Waals surface area contributed by atoms with Crippen LogP contribution in [0.5, 0.6) is 0 Å². The van der Waals surface area contributed by atoms with Crippen LogP contribution in [0.1, 0.15) is 14.5 Å². The molecule has 0 atom stereocenters. The van der Waals surface area contributed by atoms with Crippen molar-refractivity contribution in [3.63, 3.8) is 0 Å². The summed E-state index contributed by atoms with van der Waals surface area (Å²) < 4.78 is 1.27. The first kappa shape index (κ1) is 12.2. The zero-order valence-electron chi connectivity index (χ0n) is 9.92. The summed E-state index contributed by atoms with van der Waals surface area (Å²) in [6.45, 7) is 0.646. The topological polar surface area (TPSA) is 49.3 Å². The summed E-state index contributed by atoms with van der Waals surface area (Å²) in [6, 6.07) is 11.8. The van der Waals surface area contributed by atoms with E-state index in [0.717, 1.165) is 10.6 Å². The molecule has 0 fully saturated rings. The number of carboxylic acid groups (broad SMARTS) is 1. The number of anilines is 1. The molecule has 0 aliphatic rings. The summed E-state index contributed by atoms with van der Waals surface area (Å²) in [5.41, 5.74) is 1.05. The van der Waals surface area contributed by atoms with Gasteiger partial charge >= 0.3 is 5.97 Å². The monoisotopic (exact) mass is 289 g/mol. The van der Waals surface area contributed by atoms with E-state index in [1.165, 1.54) is 21.4 Å². The van der Waals surface area contributed by atoms with Crippen LogP contribution < -0.4 is 5.32 Å². The highest BCUT2D eigenvalue weighted by Crippen LogP contribution is 2.25. The Kier molecular flexibility index (Phi) is 3.23. The largest absolute Gasteiger partial charge is 0.477 e. The second-order valence-corrected chi connectivity index (χ2v) is 6.21. The van der Waals surface area contributed by atoms with Gasteiger partial charge in [0, 0.05) is 21.8 Å². The molecule has 3 aromatic rings. The lowest BCUT2D eigenvalue weighted by atomic mass is 10.2. The van der Waals surface area contributed by atoms with Gasteiger partial charge in [0.25, 0.3) is 0 Å². The molecule has 0 aliphatic heterocycles. The Bertz CT molecular complexity index is 730. The second-order valence-electron chi connectivity index (χ2n) is 4.10. The van der Waals surface area contributed by atoms with Crippen LogP contribution in [0.25, 0.3) is 10.1 Å². The molecule has 0 radical (unpaired) electrons. The molecule has 5 heteroatoms. The molecular formula is C14H11NO2S2. The Morgan fingerprint density at radius 3 is 2.89 bits per heavy atom. The van der Waals surface area contributed by atoms with Crippen LogP contribution in [0.2, 0.25) is 0 Å². The lowest BCUT2D eigenvalue weighted by Gasteiger charge is -2.04. The summed E-state index contributed by atoms with van der Waals surface area (Å²) in [7, 11) is 0. The van der Waals surface area contributed by atoms with Crippen LogP contribution in [0.3, 0.4) is 0 Å². The number of aromatic carboxylic acids is 1. The fourth-order valence-corrected chi connectivity index (χ4v) is 3.41. The number of rotatable bonds is 4. The van der Waals surface area contributed by atoms with Gasteiger partial charge in [0.1, 0.15) is 4.88 Å². The molecule has 0 amide bonds. The first-order valence-corrected chi connectivity index (χ1v) is 7.45. The zero-order valence-corrected chi connectivity index (χ0v) is 11.6. The zero-order chi connectivity index (χ0) is 13.2. The molecule has 0 saturated heterocycles. The van der Waals surface area contributed by atoms with Crippen molar-refractivity contribution in [2.75, 3.05) is 5.32 Å². The van der Waals surface area contributed by atoms with Gasteiger partial charge in [-0.05, 0) is 47.2 Å². The second kappa shape index (κ2) is 5.03. The van der Waals surface area contributed by atoms with E-state index in [4.69, 9.17) is 5.11 Å². The van der Waals surface area contributed by atoms with Crippen molar-refractivity contribution < 1.29 is 9.90 Å². The molecule has 0 saturated carbocycles. The van der Waals surface area contributed by atoms with Crippen LogP contribution in [-0.2, 0) is 6.54 Å². The number of fused-ring (bicyclic) bond motifs is 1. The van der Waals surface area contributed by atoms with Crippen molar-refractivity contribution in [3.05, 3.63) is 51.5 Å². The minimum absolute atomic E-state index is 0.380. The maximum Gasteiger partial charge on any atom is 0.345 e. The lowest BCUT2D eigenvalue weighted by molar-refractivity contribution is 0.0702. The molecule has 3 nitrogen and oxygen atoms in total. The van der Waals surface area contributed by atoms with E-state index in [1.807, 2.05) is 12.1 Å². The van der Waals surface area contributed by atoms with Gasteiger partial charge in [-0.2, -0.15) is 0 Å². The van der Waals surface area contributed by atoms with Gasteiger partial charge in [0.2, 0.25) is 0 Å². The number of benzene rings is 1. The number of thiophene rings is 2. The van der Waals surface area contributed by atoms with Crippen molar-refractivity contribution in [3.8, 4) is 0 Å². The highest BCUT2D eigenvalue weighted by Gasteiger charge is 2.06. The third-order valence-corrected chi connectivity index (χ3v) is 4.76. The van der Waals surface area contributed by atoms with E-state index in [0.29, 0.717) is 11.4 Å². The summed E-state index contributed by atoms with van der Waals surface area (Å²) in [6.07, 6.45) is 0. The molecule has 2 aromatic heterocycles. The molecule has 0 bridgehead atoms. The predicted molar refractivity (Wildman–Crippen MR) is 80.4 cm³/mol. The van der Waals surface area contributed by atoms with E-state index in [1.54, 1.807) is 17.4 Å². The Labute approximate surface area is 118 Å². The SMILES string of the molecule is O=C(O)c1ccc(CNc2ccc3sccc3c2)s1. The summed E-state index contributed by atoms with van der Waals surface area (Å²) >= 11 is 3.03. The van der Waals surface area contributed by atoms with E-state index in [2.05, 4.69) is 28.9 Å². The minimum atomic E-state index is -0.865. The third kappa shape index (κ3) is 2.62. The first-order valence-electron chi connectivity index (χ1n) is 5.75. The van der Waals surface area contributed by atoms with Crippen molar-refractivity contribution in [1.82, 2.24) is 0 Å². The molecule has 2 heterocycles. The Morgan fingerprint density at radius 1 is 1.21 bits per heavy atom. The summed E-state index contributed by atoms with van der Waals surface area (Å²) in [5.74, 6) is -0.865. The Balaban J connectivity index is 1.72. The molecule has 0 spiro atoms. The van der Waals surface area contributed by atoms with Gasteiger partial charge in [-0.25, -0.2) is 4.79 Å². The average molecular weight is 289 g/mol. The maximum atomic E-state index is 10.8. The van der Waals surface area contributed by atoms with E-state index >= 15 is 0 Å². The predicted octanol–water partition coefficient (Wildman–Crippen LogP) is 4.27. The number of nitrogens with one attached hydrogen (secondary N) is 1. The van der Waals surface area contributed by atoms with Gasteiger partial charge in [0.05, 0.1) is 0 Å². The summed E-state index contributed by atoms with van der Waals surface area (Å²) in [5, 5.41) is 15.5. The van der Waals surface area contributed by atoms with Crippen molar-refractivity contribution in [2.45, 2.75) is 6.54 Å². The highest BCUT2D eigenvalue weighted by molar-refractivity contribution is 7.17. The van der Waals surface area contributed by atoms with E-state index < -0.39 is 5.97 Å². The molecule has 1 aromatic carbocycles. The molecule has 2 N–H and O–H groups in total. The third-order valence-electron chi connectivity index (χ3n) is 2.79. The van der Waals surface area contributed by atoms with Gasteiger partial charge in [0.15, 0.2) is 0 Å². The fourth-order valence-electron chi connectivity index (χ4n) is 1.85. The van der Waals surface area contributed by atoms with Crippen LogP contribution in [0.15, 0.2) is 41.8 Å². The molecule has 0 unspecified atom stereocenters. The van der Waals surface area contributed by atoms with Gasteiger partial charge in [-0.1, -0.05) is 0 Å². The summed E-state index contributed by atoms with van der Waals surface area (Å²) in [4.78, 5) is 12.2. The maximum absolute atomic E-state index is 10.8. The van der Waals surface area contributed by atoms with Crippen molar-refractivity contribution >= 4 is 44.4 Å². The number of carbonyl (C=O) groups is 1. The minimum Gasteiger partial charge on any atom is -0.477 e. The van der Waals surface area contributed by atoms with E-state index in [-0.39, 0.29) is 0 Å². The molecular weight excluding hydrogens is 278 g/mol. The van der Waals surface area contributed by atoms with Crippen molar-refractivity contribution in [1.29, 1.82) is 0 Å². The average Bonchev–Trinajstić information content (AvgIpc) is 3.04. The van der Waals surface area contributed by atoms with Crippen molar-refractivity contribution in [2.24, 2.45) is 0 Å². The van der Waals surface area contributed by atoms with Gasteiger partial charge in [-0.15, -0.1) is 22.7 Å². The Morgan fingerprint density at radius 2 is 2.11 bits per heavy atom. The van der Waals surface area contributed by atoms with Crippen LogP contribution in [0.4, 0.5) is 5.69 Å². The Hall–Kier alpha value is -1.85. The van der Waals surface area contributed by atoms with E-state index in [9.17, 15) is 4.79 Å². The number of hydrogen-bond donors (Lipinski definition) is 2. The highest BCUT2D eigenvalue weighted by atomic mass is 32.1. The first-order chi connectivity index (χ1) is 9.22. The number of carboxylic acids is 1. The van der Waals surface area contributed by atoms with Gasteiger partial charge in [-0.3, -0.25) is 0 Å². The van der Waals surface area contributed by atoms with Crippen LogP contribution in [0, 0.1) is 0 Å². The molecule has 3 rings (SSSR count). The quantitative estimate of drug-likeness (QED) is 0.754. The van der Waals surface area contributed by atoms with Crippen LogP contribution in [-0.4, -0.2) is 11.1 Å². The fraction of sp³-hybridized carbons (Fsp3) is 0.0714. The number of hydrogen-bond acceptors (Lipinski definition) is 4. The standard InChI is InChI=1S/C14H11NO2S2/c16-14(17)13-4-2-11(19-13)8-15-10-1-3-12-9(7-10)5-6-18-12/h1-7,15H,8H2,(H,16,17). The normalized spacial score (nSPS) is 10.7. The molecule has 19 heavy (non-hydrogen) atoms. The smallest absolute Gasteiger partial charge is 0.345 e. The van der Waals surface area contributed by atoms with Crippen LogP contribution >= 0.6 is 22.7 Å².